The van der Waals surface area contributed by atoms with Gasteiger partial charge in [-0.25, -0.2) is 22.7 Å². The van der Waals surface area contributed by atoms with Crippen LogP contribution in [0.3, 0.4) is 0 Å². The van der Waals surface area contributed by atoms with Gasteiger partial charge < -0.3 is 14.2 Å². The lowest BCUT2D eigenvalue weighted by Crippen LogP contribution is -2.38. The van der Waals surface area contributed by atoms with Gasteiger partial charge in [-0.1, -0.05) is 18.2 Å². The smallest absolute Gasteiger partial charge is 0.414 e. The number of methoxy groups -OCH3 is 1. The van der Waals surface area contributed by atoms with Crippen molar-refractivity contribution >= 4 is 38.9 Å². The van der Waals surface area contributed by atoms with Crippen LogP contribution in [0.5, 0.6) is 5.75 Å². The lowest BCUT2D eigenvalue weighted by Gasteiger charge is -2.19. The molecule has 0 unspecified atom stereocenters. The minimum atomic E-state index is -4.16. The van der Waals surface area contributed by atoms with Gasteiger partial charge in [0, 0.05) is 31.0 Å². The first-order chi connectivity index (χ1) is 18.4. The average molecular weight is 558 g/mol. The molecule has 3 rings (SSSR count). The highest BCUT2D eigenvalue weighted by Gasteiger charge is 2.23. The maximum absolute atomic E-state index is 13.1. The number of nitrogens with zero attached hydrogens (tertiary/aromatic N) is 1. The topological polar surface area (TPSA) is 150 Å². The van der Waals surface area contributed by atoms with Crippen LogP contribution in [0.25, 0.3) is 10.9 Å². The first-order valence-electron chi connectivity index (χ1n) is 12.1. The van der Waals surface area contributed by atoms with Crippen LogP contribution in [0.2, 0.25) is 0 Å². The zero-order chi connectivity index (χ0) is 28.6. The summed E-state index contributed by atoms with van der Waals surface area (Å²) in [5, 5.41) is 2.99. The molecule has 1 aromatic heterocycles. The highest BCUT2D eigenvalue weighted by molar-refractivity contribution is 7.89. The Hall–Kier alpha value is -4.03. The quantitative estimate of drug-likeness (QED) is 0.358. The van der Waals surface area contributed by atoms with E-state index in [0.717, 1.165) is 16.5 Å². The van der Waals surface area contributed by atoms with Crippen LogP contribution in [-0.2, 0) is 30.7 Å². The summed E-state index contributed by atoms with van der Waals surface area (Å²) in [7, 11) is -2.94. The van der Waals surface area contributed by atoms with E-state index in [1.807, 2.05) is 35.6 Å². The zero-order valence-corrected chi connectivity index (χ0v) is 23.0. The molecule has 0 aliphatic carbocycles. The summed E-state index contributed by atoms with van der Waals surface area (Å²) >= 11 is 0. The summed E-state index contributed by atoms with van der Waals surface area (Å²) in [6.07, 6.45) is 0.908. The van der Waals surface area contributed by atoms with Gasteiger partial charge in [-0.05, 0) is 56.7 Å². The SMILES string of the molecule is COC(=O)c1ccc(S(=O)(=O)NCCC(=O)NC(=O)OC(C)(C)C)c(OCCc2cccc3ncccc23)c1. The number of imide groups is 1. The number of nitrogens with one attached hydrogen (secondary N) is 2. The average Bonchev–Trinajstić information content (AvgIpc) is 2.87. The van der Waals surface area contributed by atoms with Crippen molar-refractivity contribution < 1.29 is 37.0 Å². The summed E-state index contributed by atoms with van der Waals surface area (Å²) in [5.74, 6) is -1.42. The number of fused-ring (bicyclic) bond motifs is 1. The molecule has 0 bridgehead atoms. The molecule has 0 fully saturated rings. The van der Waals surface area contributed by atoms with Crippen molar-refractivity contribution in [2.45, 2.75) is 44.1 Å². The molecule has 0 aliphatic heterocycles. The largest absolute Gasteiger partial charge is 0.492 e. The van der Waals surface area contributed by atoms with Gasteiger partial charge in [-0.3, -0.25) is 15.1 Å². The number of amides is 2. The van der Waals surface area contributed by atoms with Gasteiger partial charge >= 0.3 is 12.1 Å². The van der Waals surface area contributed by atoms with Gasteiger partial charge in [0.2, 0.25) is 15.9 Å². The number of hydrogen-bond donors (Lipinski definition) is 2. The maximum Gasteiger partial charge on any atom is 0.414 e. The van der Waals surface area contributed by atoms with Gasteiger partial charge in [0.05, 0.1) is 24.8 Å². The zero-order valence-electron chi connectivity index (χ0n) is 22.1. The lowest BCUT2D eigenvalue weighted by molar-refractivity contribution is -0.120. The number of carbonyl (C=O) groups is 3. The molecule has 208 valence electrons. The second-order valence-electron chi connectivity index (χ2n) is 9.44. The monoisotopic (exact) mass is 557 g/mol. The van der Waals surface area contributed by atoms with Crippen molar-refractivity contribution in [1.29, 1.82) is 0 Å². The van der Waals surface area contributed by atoms with Gasteiger partial charge in [-0.2, -0.15) is 0 Å². The van der Waals surface area contributed by atoms with Crippen molar-refractivity contribution in [3.63, 3.8) is 0 Å². The fraction of sp³-hybridized carbons (Fsp3) is 0.333. The Balaban J connectivity index is 1.71. The van der Waals surface area contributed by atoms with Gasteiger partial charge in [0.25, 0.3) is 0 Å². The molecule has 0 saturated carbocycles. The Morgan fingerprint density at radius 3 is 2.51 bits per heavy atom. The number of sulfonamides is 1. The fourth-order valence-corrected chi connectivity index (χ4v) is 4.76. The number of benzene rings is 2. The van der Waals surface area contributed by atoms with E-state index < -0.39 is 33.6 Å². The van der Waals surface area contributed by atoms with Crippen LogP contribution < -0.4 is 14.8 Å². The Labute approximate surface area is 226 Å². The van der Waals surface area contributed by atoms with E-state index in [1.54, 1.807) is 27.0 Å². The lowest BCUT2D eigenvalue weighted by atomic mass is 10.1. The Bertz CT molecular complexity index is 1460. The minimum Gasteiger partial charge on any atom is -0.492 e. The Kier molecular flexibility index (Phi) is 9.60. The summed E-state index contributed by atoms with van der Waals surface area (Å²) in [6, 6.07) is 13.3. The van der Waals surface area contributed by atoms with Crippen LogP contribution in [0.1, 0.15) is 43.1 Å². The van der Waals surface area contributed by atoms with Crippen LogP contribution in [0, 0.1) is 0 Å². The summed E-state index contributed by atoms with van der Waals surface area (Å²) in [5.41, 5.74) is 1.11. The molecule has 3 aromatic rings. The standard InChI is InChI=1S/C27H31N3O8S/c1-27(2,3)38-26(33)30-24(31)12-15-29-39(34,35)23-11-10-19(25(32)36-4)17-22(23)37-16-13-18-7-5-9-21-20(18)8-6-14-28-21/h5-11,14,17,29H,12-13,15-16H2,1-4H3,(H,30,31,33). The van der Waals surface area contributed by atoms with Gasteiger partial charge in [0.15, 0.2) is 0 Å². The van der Waals surface area contributed by atoms with E-state index >= 15 is 0 Å². The predicted molar refractivity (Wildman–Crippen MR) is 143 cm³/mol. The van der Waals surface area contributed by atoms with Gasteiger partial charge in [-0.15, -0.1) is 0 Å². The third-order valence-electron chi connectivity index (χ3n) is 5.30. The van der Waals surface area contributed by atoms with E-state index in [9.17, 15) is 22.8 Å². The van der Waals surface area contributed by atoms with Crippen molar-refractivity contribution in [3.8, 4) is 5.75 Å². The number of alkyl carbamates (subject to hydrolysis) is 1. The van der Waals surface area contributed by atoms with Crippen LogP contribution >= 0.6 is 0 Å². The Morgan fingerprint density at radius 2 is 1.79 bits per heavy atom. The minimum absolute atomic E-state index is 0.0537. The summed E-state index contributed by atoms with van der Waals surface area (Å²) in [6.45, 7) is 4.76. The van der Waals surface area contributed by atoms with Crippen molar-refractivity contribution in [1.82, 2.24) is 15.0 Å². The van der Waals surface area contributed by atoms with Crippen molar-refractivity contribution in [2.24, 2.45) is 0 Å². The molecule has 39 heavy (non-hydrogen) atoms. The molecule has 11 nitrogen and oxygen atoms in total. The molecular weight excluding hydrogens is 526 g/mol. The maximum atomic E-state index is 13.1. The van der Waals surface area contributed by atoms with E-state index in [0.29, 0.717) is 6.42 Å². The molecule has 0 atom stereocenters. The molecule has 1 heterocycles. The molecule has 2 aromatic carbocycles. The number of esters is 1. The van der Waals surface area contributed by atoms with E-state index in [-0.39, 0.29) is 35.8 Å². The van der Waals surface area contributed by atoms with Crippen LogP contribution in [0.4, 0.5) is 4.79 Å². The van der Waals surface area contributed by atoms with Crippen LogP contribution in [0.15, 0.2) is 59.6 Å². The Morgan fingerprint density at radius 1 is 1.03 bits per heavy atom. The van der Waals surface area contributed by atoms with E-state index in [2.05, 4.69) is 9.71 Å². The third-order valence-corrected chi connectivity index (χ3v) is 6.80. The molecule has 0 spiro atoms. The first kappa shape index (κ1) is 29.5. The summed E-state index contributed by atoms with van der Waals surface area (Å²) < 4.78 is 44.0. The molecule has 0 radical (unpaired) electrons. The van der Waals surface area contributed by atoms with E-state index in [1.165, 1.54) is 25.3 Å². The number of carbonyl (C=O) groups excluding carboxylic acids is 3. The third kappa shape index (κ3) is 8.48. The second kappa shape index (κ2) is 12.7. The molecule has 2 N–H and O–H groups in total. The van der Waals surface area contributed by atoms with Crippen LogP contribution in [-0.4, -0.2) is 57.2 Å². The second-order valence-corrected chi connectivity index (χ2v) is 11.2. The number of pyridine rings is 1. The molecule has 0 saturated heterocycles. The fourth-order valence-electron chi connectivity index (χ4n) is 3.60. The summed E-state index contributed by atoms with van der Waals surface area (Å²) in [4.78, 5) is 39.9. The van der Waals surface area contributed by atoms with Gasteiger partial charge in [0.1, 0.15) is 16.2 Å². The van der Waals surface area contributed by atoms with E-state index in [4.69, 9.17) is 14.2 Å². The number of hydrogen-bond acceptors (Lipinski definition) is 9. The number of ether oxygens (including phenoxy) is 3. The number of aromatic nitrogens is 1. The molecule has 0 aliphatic rings. The molecule has 2 amide bonds. The van der Waals surface area contributed by atoms with Crippen molar-refractivity contribution in [2.75, 3.05) is 20.3 Å². The number of rotatable bonds is 10. The molecular formula is C27H31N3O8S. The highest BCUT2D eigenvalue weighted by Crippen LogP contribution is 2.26. The predicted octanol–water partition coefficient (Wildman–Crippen LogP) is 3.36. The first-order valence-corrected chi connectivity index (χ1v) is 13.6. The highest BCUT2D eigenvalue weighted by atomic mass is 32.2. The molecule has 12 heteroatoms. The normalized spacial score (nSPS) is 11.6. The van der Waals surface area contributed by atoms with Crippen molar-refractivity contribution in [3.05, 3.63) is 65.9 Å².